The summed E-state index contributed by atoms with van der Waals surface area (Å²) in [6.07, 6.45) is 0. The van der Waals surface area contributed by atoms with Gasteiger partial charge in [-0.15, -0.1) is 0 Å². The van der Waals surface area contributed by atoms with E-state index in [-0.39, 0.29) is 16.8 Å². The van der Waals surface area contributed by atoms with Crippen molar-refractivity contribution in [3.05, 3.63) is 50.3 Å². The minimum Gasteiger partial charge on any atom is -0.465 e. The first-order chi connectivity index (χ1) is 10.4. The standard InChI is InChI=1S/C16H12FIN2O2/c1-8-5-12(16(21)22-2)15(20)14(18)13(8)11-4-3-10(17)6-9(11)7-19/h3-6H,20H2,1-2H3. The van der Waals surface area contributed by atoms with Gasteiger partial charge in [0.05, 0.1) is 30.0 Å². The summed E-state index contributed by atoms with van der Waals surface area (Å²) in [7, 11) is 1.28. The molecule has 112 valence electrons. The summed E-state index contributed by atoms with van der Waals surface area (Å²) in [6.45, 7) is 1.80. The number of carbonyl (C=O) groups is 1. The SMILES string of the molecule is COC(=O)c1cc(C)c(-c2ccc(F)cc2C#N)c(I)c1N. The second kappa shape index (κ2) is 6.32. The molecule has 0 aliphatic heterocycles. The van der Waals surface area contributed by atoms with Crippen molar-refractivity contribution in [1.82, 2.24) is 0 Å². The monoisotopic (exact) mass is 410 g/mol. The summed E-state index contributed by atoms with van der Waals surface area (Å²) in [4.78, 5) is 11.7. The Morgan fingerprint density at radius 2 is 2.09 bits per heavy atom. The number of nitriles is 1. The Labute approximate surface area is 140 Å². The highest BCUT2D eigenvalue weighted by Gasteiger charge is 2.20. The van der Waals surface area contributed by atoms with E-state index >= 15 is 0 Å². The van der Waals surface area contributed by atoms with Crippen LogP contribution < -0.4 is 5.73 Å². The van der Waals surface area contributed by atoms with Crippen LogP contribution >= 0.6 is 22.6 Å². The van der Waals surface area contributed by atoms with Gasteiger partial charge < -0.3 is 10.5 Å². The maximum Gasteiger partial charge on any atom is 0.340 e. The lowest BCUT2D eigenvalue weighted by Gasteiger charge is -2.15. The lowest BCUT2D eigenvalue weighted by atomic mass is 9.94. The lowest BCUT2D eigenvalue weighted by molar-refractivity contribution is 0.0602. The zero-order chi connectivity index (χ0) is 16.4. The molecule has 0 heterocycles. The molecule has 0 aliphatic rings. The number of benzene rings is 2. The third kappa shape index (κ3) is 2.76. The number of hydrogen-bond acceptors (Lipinski definition) is 4. The topological polar surface area (TPSA) is 76.1 Å². The molecular formula is C16H12FIN2O2. The number of nitrogens with zero attached hydrogens (tertiary/aromatic N) is 1. The van der Waals surface area contributed by atoms with Crippen molar-refractivity contribution in [1.29, 1.82) is 5.26 Å². The van der Waals surface area contributed by atoms with Crippen LogP contribution in [0, 0.1) is 27.6 Å². The molecule has 0 aliphatic carbocycles. The van der Waals surface area contributed by atoms with E-state index in [1.165, 1.54) is 25.3 Å². The fraction of sp³-hybridized carbons (Fsp3) is 0.125. The molecule has 0 amide bonds. The number of nitrogens with two attached hydrogens (primary N) is 1. The van der Waals surface area contributed by atoms with Gasteiger partial charge in [-0.1, -0.05) is 6.07 Å². The molecule has 0 atom stereocenters. The molecule has 4 nitrogen and oxygen atoms in total. The normalized spacial score (nSPS) is 10.1. The summed E-state index contributed by atoms with van der Waals surface area (Å²) in [5.74, 6) is -1.00. The van der Waals surface area contributed by atoms with E-state index in [1.54, 1.807) is 13.0 Å². The van der Waals surface area contributed by atoms with Gasteiger partial charge in [-0.2, -0.15) is 5.26 Å². The molecule has 2 aromatic rings. The fourth-order valence-corrected chi connectivity index (χ4v) is 3.24. The van der Waals surface area contributed by atoms with Gasteiger partial charge in [0.2, 0.25) is 0 Å². The Balaban J connectivity index is 2.76. The van der Waals surface area contributed by atoms with Crippen LogP contribution in [0.3, 0.4) is 0 Å². The fourth-order valence-electron chi connectivity index (χ4n) is 2.23. The minimum atomic E-state index is -0.523. The highest BCUT2D eigenvalue weighted by molar-refractivity contribution is 14.1. The van der Waals surface area contributed by atoms with Gasteiger partial charge in [0.15, 0.2) is 0 Å². The van der Waals surface area contributed by atoms with Crippen molar-refractivity contribution >= 4 is 34.2 Å². The van der Waals surface area contributed by atoms with Gasteiger partial charge in [0.1, 0.15) is 5.82 Å². The van der Waals surface area contributed by atoms with Crippen LogP contribution in [0.15, 0.2) is 24.3 Å². The van der Waals surface area contributed by atoms with Crippen LogP contribution in [-0.4, -0.2) is 13.1 Å². The van der Waals surface area contributed by atoms with Crippen molar-refractivity contribution in [3.8, 4) is 17.2 Å². The van der Waals surface area contributed by atoms with Crippen LogP contribution in [0.2, 0.25) is 0 Å². The van der Waals surface area contributed by atoms with E-state index in [2.05, 4.69) is 0 Å². The number of carbonyl (C=O) groups excluding carboxylic acids is 1. The first-order valence-corrected chi connectivity index (χ1v) is 7.35. The maximum atomic E-state index is 13.3. The van der Waals surface area contributed by atoms with Gasteiger partial charge in [-0.05, 0) is 53.3 Å². The molecule has 0 unspecified atom stereocenters. The smallest absolute Gasteiger partial charge is 0.340 e. The molecule has 2 rings (SSSR count). The van der Waals surface area contributed by atoms with Crippen molar-refractivity contribution in [2.75, 3.05) is 12.8 Å². The van der Waals surface area contributed by atoms with E-state index in [0.29, 0.717) is 14.7 Å². The van der Waals surface area contributed by atoms with Gasteiger partial charge in [0, 0.05) is 14.7 Å². The molecule has 0 spiro atoms. The average Bonchev–Trinajstić information content (AvgIpc) is 2.51. The van der Waals surface area contributed by atoms with Crippen LogP contribution in [0.4, 0.5) is 10.1 Å². The third-order valence-corrected chi connectivity index (χ3v) is 4.40. The maximum absolute atomic E-state index is 13.3. The number of rotatable bonds is 2. The van der Waals surface area contributed by atoms with E-state index in [0.717, 1.165) is 5.56 Å². The summed E-state index contributed by atoms with van der Waals surface area (Å²) >= 11 is 2.02. The van der Waals surface area contributed by atoms with Crippen LogP contribution in [0.5, 0.6) is 0 Å². The van der Waals surface area contributed by atoms with Gasteiger partial charge in [0.25, 0.3) is 0 Å². The summed E-state index contributed by atoms with van der Waals surface area (Å²) in [5, 5.41) is 9.21. The Bertz CT molecular complexity index is 813. The molecule has 2 N–H and O–H groups in total. The van der Waals surface area contributed by atoms with Gasteiger partial charge >= 0.3 is 5.97 Å². The van der Waals surface area contributed by atoms with Crippen molar-refractivity contribution in [2.45, 2.75) is 6.92 Å². The predicted molar refractivity (Wildman–Crippen MR) is 89.8 cm³/mol. The van der Waals surface area contributed by atoms with Crippen LogP contribution in [0.25, 0.3) is 11.1 Å². The lowest BCUT2D eigenvalue weighted by Crippen LogP contribution is -2.09. The second-order valence-electron chi connectivity index (χ2n) is 4.64. The Morgan fingerprint density at radius 3 is 2.68 bits per heavy atom. The molecule has 22 heavy (non-hydrogen) atoms. The molecular weight excluding hydrogens is 398 g/mol. The average molecular weight is 410 g/mol. The zero-order valence-electron chi connectivity index (χ0n) is 11.9. The number of halogens is 2. The largest absolute Gasteiger partial charge is 0.465 e. The summed E-state index contributed by atoms with van der Waals surface area (Å²) < 4.78 is 18.6. The Hall–Kier alpha value is -2.14. The molecule has 0 saturated carbocycles. The quantitative estimate of drug-likeness (QED) is 0.466. The van der Waals surface area contributed by atoms with Gasteiger partial charge in [-0.25, -0.2) is 9.18 Å². The van der Waals surface area contributed by atoms with Crippen molar-refractivity contribution in [2.24, 2.45) is 0 Å². The number of ether oxygens (including phenoxy) is 1. The molecule has 0 saturated heterocycles. The van der Waals surface area contributed by atoms with E-state index < -0.39 is 11.8 Å². The Morgan fingerprint density at radius 1 is 1.41 bits per heavy atom. The first-order valence-electron chi connectivity index (χ1n) is 6.27. The van der Waals surface area contributed by atoms with Crippen LogP contribution in [-0.2, 0) is 4.74 Å². The van der Waals surface area contributed by atoms with Crippen LogP contribution in [0.1, 0.15) is 21.5 Å². The number of anilines is 1. The number of esters is 1. The minimum absolute atomic E-state index is 0.214. The van der Waals surface area contributed by atoms with E-state index in [1.807, 2.05) is 28.7 Å². The summed E-state index contributed by atoms with van der Waals surface area (Å²) in [6, 6.07) is 7.60. The van der Waals surface area contributed by atoms with Crippen molar-refractivity contribution < 1.29 is 13.9 Å². The number of hydrogen-bond donors (Lipinski definition) is 1. The second-order valence-corrected chi connectivity index (χ2v) is 5.72. The predicted octanol–water partition coefficient (Wildman–Crippen LogP) is 3.65. The van der Waals surface area contributed by atoms with E-state index in [4.69, 9.17) is 10.5 Å². The van der Waals surface area contributed by atoms with E-state index in [9.17, 15) is 14.4 Å². The number of aryl methyl sites for hydroxylation is 1. The highest BCUT2D eigenvalue weighted by Crippen LogP contribution is 2.36. The first kappa shape index (κ1) is 16.2. The highest BCUT2D eigenvalue weighted by atomic mass is 127. The number of methoxy groups -OCH3 is 1. The molecule has 0 aromatic heterocycles. The molecule has 0 fully saturated rings. The molecule has 6 heteroatoms. The van der Waals surface area contributed by atoms with Gasteiger partial charge in [-0.3, -0.25) is 0 Å². The third-order valence-electron chi connectivity index (χ3n) is 3.28. The van der Waals surface area contributed by atoms with Crippen molar-refractivity contribution in [3.63, 3.8) is 0 Å². The molecule has 0 radical (unpaired) electrons. The number of nitrogen functional groups attached to an aromatic ring is 1. The Kier molecular flexibility index (Phi) is 4.66. The molecule has 0 bridgehead atoms. The summed E-state index contributed by atoms with van der Waals surface area (Å²) in [5.41, 5.74) is 8.83. The molecule has 2 aromatic carbocycles. The zero-order valence-corrected chi connectivity index (χ0v) is 14.1.